The van der Waals surface area contributed by atoms with Crippen LogP contribution < -0.4 is 16.2 Å². The maximum atomic E-state index is 13.1. The van der Waals surface area contributed by atoms with Gasteiger partial charge < -0.3 is 14.8 Å². The quantitative estimate of drug-likeness (QED) is 0.472. The fourth-order valence-corrected chi connectivity index (χ4v) is 2.47. The molecule has 1 atom stereocenters. The number of hydrogen-bond donors (Lipinski definition) is 3. The Hall–Kier alpha value is -1.38. The summed E-state index contributed by atoms with van der Waals surface area (Å²) in [7, 11) is 0. The molecule has 1 unspecified atom stereocenters. The minimum atomic E-state index is -0.389. The maximum Gasteiger partial charge on any atom is 0.333 e. The summed E-state index contributed by atoms with van der Waals surface area (Å²) in [6.07, 6.45) is 3.09. The number of carbonyl (C=O) groups is 1. The number of hydrazine groups is 1. The van der Waals surface area contributed by atoms with E-state index >= 15 is 0 Å². The first-order valence-corrected chi connectivity index (χ1v) is 8.38. The zero-order valence-corrected chi connectivity index (χ0v) is 14.3. The summed E-state index contributed by atoms with van der Waals surface area (Å²) in [6.45, 7) is 2.50. The van der Waals surface area contributed by atoms with Gasteiger partial charge in [0.25, 0.3) is 0 Å². The molecule has 1 aliphatic heterocycles. The van der Waals surface area contributed by atoms with Crippen LogP contribution >= 0.6 is 15.9 Å². The Balaban J connectivity index is 1.52. The number of rotatable bonds is 8. The normalized spacial score (nSPS) is 17.0. The van der Waals surface area contributed by atoms with Crippen LogP contribution in [0.25, 0.3) is 0 Å². The highest BCUT2D eigenvalue weighted by Crippen LogP contribution is 2.22. The molecule has 0 saturated carbocycles. The van der Waals surface area contributed by atoms with Gasteiger partial charge in [-0.25, -0.2) is 9.18 Å². The SMILES string of the molecule is O=C(NCCCOCC1CCCO1)NNc1cc(F)ccc1Br. The van der Waals surface area contributed by atoms with Crippen LogP contribution in [-0.4, -0.2) is 38.5 Å². The van der Waals surface area contributed by atoms with Crippen molar-refractivity contribution >= 4 is 27.6 Å². The number of anilines is 1. The number of amides is 2. The smallest absolute Gasteiger partial charge is 0.333 e. The highest BCUT2D eigenvalue weighted by molar-refractivity contribution is 9.10. The molecule has 8 heteroatoms. The third-order valence-corrected chi connectivity index (χ3v) is 4.01. The fraction of sp³-hybridized carbons (Fsp3) is 0.533. The molecule has 0 spiro atoms. The topological polar surface area (TPSA) is 71.6 Å². The molecule has 1 saturated heterocycles. The molecule has 0 aliphatic carbocycles. The molecule has 6 nitrogen and oxygen atoms in total. The van der Waals surface area contributed by atoms with Crippen molar-refractivity contribution in [1.29, 1.82) is 0 Å². The zero-order chi connectivity index (χ0) is 16.5. The fourth-order valence-electron chi connectivity index (χ4n) is 2.13. The van der Waals surface area contributed by atoms with E-state index in [4.69, 9.17) is 9.47 Å². The molecule has 1 aliphatic rings. The molecular weight excluding hydrogens is 369 g/mol. The van der Waals surface area contributed by atoms with E-state index in [0.717, 1.165) is 19.4 Å². The van der Waals surface area contributed by atoms with Crippen LogP contribution in [0.5, 0.6) is 0 Å². The van der Waals surface area contributed by atoms with Crippen LogP contribution in [0.3, 0.4) is 0 Å². The van der Waals surface area contributed by atoms with Crippen LogP contribution in [0.4, 0.5) is 14.9 Å². The van der Waals surface area contributed by atoms with Crippen molar-refractivity contribution < 1.29 is 18.7 Å². The van der Waals surface area contributed by atoms with Crippen LogP contribution in [0.15, 0.2) is 22.7 Å². The van der Waals surface area contributed by atoms with Crippen molar-refractivity contribution in [2.45, 2.75) is 25.4 Å². The lowest BCUT2D eigenvalue weighted by atomic mass is 10.2. The Labute approximate surface area is 143 Å². The zero-order valence-electron chi connectivity index (χ0n) is 12.7. The summed E-state index contributed by atoms with van der Waals surface area (Å²) in [5.41, 5.74) is 5.54. The van der Waals surface area contributed by atoms with Gasteiger partial charge in [-0.15, -0.1) is 0 Å². The van der Waals surface area contributed by atoms with E-state index in [2.05, 4.69) is 32.1 Å². The van der Waals surface area contributed by atoms with Gasteiger partial charge in [-0.1, -0.05) is 0 Å². The number of benzene rings is 1. The Bertz CT molecular complexity index is 513. The van der Waals surface area contributed by atoms with Gasteiger partial charge in [-0.2, -0.15) is 0 Å². The standard InChI is InChI=1S/C15H21BrFN3O3/c16-13-5-4-11(17)9-14(13)19-20-15(21)18-6-2-7-22-10-12-3-1-8-23-12/h4-5,9,12,19H,1-3,6-8,10H2,(H2,18,20,21). The lowest BCUT2D eigenvalue weighted by Gasteiger charge is -2.12. The molecule has 128 valence electrons. The van der Waals surface area contributed by atoms with Gasteiger partial charge in [0.15, 0.2) is 0 Å². The molecule has 1 aromatic rings. The molecule has 0 radical (unpaired) electrons. The third kappa shape index (κ3) is 6.72. The first-order chi connectivity index (χ1) is 11.1. The summed E-state index contributed by atoms with van der Waals surface area (Å²) >= 11 is 3.26. The first kappa shape index (κ1) is 18.0. The second kappa shape index (κ2) is 9.69. The van der Waals surface area contributed by atoms with Crippen molar-refractivity contribution in [2.24, 2.45) is 0 Å². The van der Waals surface area contributed by atoms with Crippen molar-refractivity contribution in [1.82, 2.24) is 10.7 Å². The Morgan fingerprint density at radius 3 is 3.13 bits per heavy atom. The number of carbonyl (C=O) groups excluding carboxylic acids is 1. The van der Waals surface area contributed by atoms with Gasteiger partial charge in [0.1, 0.15) is 5.82 Å². The molecule has 3 N–H and O–H groups in total. The molecule has 1 aromatic carbocycles. The molecule has 0 aromatic heterocycles. The highest BCUT2D eigenvalue weighted by atomic mass is 79.9. The van der Waals surface area contributed by atoms with E-state index in [1.54, 1.807) is 6.07 Å². The van der Waals surface area contributed by atoms with E-state index in [1.165, 1.54) is 12.1 Å². The Morgan fingerprint density at radius 1 is 1.48 bits per heavy atom. The number of ether oxygens (including phenoxy) is 2. The predicted octanol–water partition coefficient (Wildman–Crippen LogP) is 2.80. The van der Waals surface area contributed by atoms with Crippen LogP contribution in [0, 0.1) is 5.82 Å². The number of urea groups is 1. The van der Waals surface area contributed by atoms with Crippen molar-refractivity contribution in [3.8, 4) is 0 Å². The van der Waals surface area contributed by atoms with Gasteiger partial charge in [-0.3, -0.25) is 10.9 Å². The average molecular weight is 390 g/mol. The van der Waals surface area contributed by atoms with Crippen LogP contribution in [0.1, 0.15) is 19.3 Å². The van der Waals surface area contributed by atoms with Crippen LogP contribution in [0.2, 0.25) is 0 Å². The Kier molecular flexibility index (Phi) is 7.57. The minimum absolute atomic E-state index is 0.222. The summed E-state index contributed by atoms with van der Waals surface area (Å²) in [6, 6.07) is 3.78. The third-order valence-electron chi connectivity index (χ3n) is 3.32. The lowest BCUT2D eigenvalue weighted by Crippen LogP contribution is -2.39. The van der Waals surface area contributed by atoms with Crippen molar-refractivity contribution in [2.75, 3.05) is 31.8 Å². The molecular formula is C15H21BrFN3O3. The molecule has 1 fully saturated rings. The van der Waals surface area contributed by atoms with E-state index < -0.39 is 0 Å². The summed E-state index contributed by atoms with van der Waals surface area (Å²) < 4.78 is 24.7. The molecule has 2 rings (SSSR count). The lowest BCUT2D eigenvalue weighted by molar-refractivity contribution is 0.0168. The molecule has 1 heterocycles. The van der Waals surface area contributed by atoms with Gasteiger partial charge >= 0.3 is 6.03 Å². The average Bonchev–Trinajstić information content (AvgIpc) is 3.05. The van der Waals surface area contributed by atoms with Crippen molar-refractivity contribution in [3.05, 3.63) is 28.5 Å². The van der Waals surface area contributed by atoms with Gasteiger partial charge in [0, 0.05) is 24.2 Å². The Morgan fingerprint density at radius 2 is 2.35 bits per heavy atom. The second-order valence-corrected chi connectivity index (χ2v) is 6.05. The van der Waals surface area contributed by atoms with Crippen LogP contribution in [-0.2, 0) is 9.47 Å². The minimum Gasteiger partial charge on any atom is -0.379 e. The predicted molar refractivity (Wildman–Crippen MR) is 88.7 cm³/mol. The maximum absolute atomic E-state index is 13.1. The summed E-state index contributed by atoms with van der Waals surface area (Å²) in [5, 5.41) is 2.68. The largest absolute Gasteiger partial charge is 0.379 e. The van der Waals surface area contributed by atoms with Gasteiger partial charge in [0.05, 0.1) is 18.4 Å². The second-order valence-electron chi connectivity index (χ2n) is 5.19. The molecule has 23 heavy (non-hydrogen) atoms. The van der Waals surface area contributed by atoms with Gasteiger partial charge in [0.2, 0.25) is 0 Å². The molecule has 0 bridgehead atoms. The number of nitrogens with one attached hydrogen (secondary N) is 3. The van der Waals surface area contributed by atoms with E-state index in [-0.39, 0.29) is 18.0 Å². The molecule has 2 amide bonds. The monoisotopic (exact) mass is 389 g/mol. The van der Waals surface area contributed by atoms with E-state index in [1.807, 2.05) is 0 Å². The first-order valence-electron chi connectivity index (χ1n) is 7.59. The van der Waals surface area contributed by atoms with Gasteiger partial charge in [-0.05, 0) is 53.4 Å². The van der Waals surface area contributed by atoms with E-state index in [9.17, 15) is 9.18 Å². The number of halogens is 2. The highest BCUT2D eigenvalue weighted by Gasteiger charge is 2.14. The number of hydrogen-bond acceptors (Lipinski definition) is 4. The van der Waals surface area contributed by atoms with E-state index in [0.29, 0.717) is 36.3 Å². The summed E-state index contributed by atoms with van der Waals surface area (Å²) in [5.74, 6) is -0.388. The summed E-state index contributed by atoms with van der Waals surface area (Å²) in [4.78, 5) is 11.6. The van der Waals surface area contributed by atoms with Crippen molar-refractivity contribution in [3.63, 3.8) is 0 Å².